The van der Waals surface area contributed by atoms with Crippen molar-refractivity contribution in [1.29, 1.82) is 0 Å². The molecule has 3 rings (SSSR count). The number of hydrogen-bond acceptors (Lipinski definition) is 5. The lowest BCUT2D eigenvalue weighted by Gasteiger charge is -2.19. The lowest BCUT2D eigenvalue weighted by atomic mass is 9.96. The minimum Gasteiger partial charge on any atom is -0.467 e. The van der Waals surface area contributed by atoms with Crippen LogP contribution in [0, 0.1) is 5.41 Å². The van der Waals surface area contributed by atoms with Gasteiger partial charge < -0.3 is 15.1 Å². The summed E-state index contributed by atoms with van der Waals surface area (Å²) in [6.45, 7) is 5.95. The molecule has 2 amide bonds. The first-order valence-corrected chi connectivity index (χ1v) is 9.27. The Balaban J connectivity index is 1.72. The van der Waals surface area contributed by atoms with Gasteiger partial charge in [-0.1, -0.05) is 20.8 Å². The van der Waals surface area contributed by atoms with Crippen LogP contribution in [0.2, 0.25) is 0 Å². The van der Waals surface area contributed by atoms with Crippen molar-refractivity contribution in [2.45, 2.75) is 45.4 Å². The summed E-state index contributed by atoms with van der Waals surface area (Å²) in [5.41, 5.74) is 1.43. The van der Waals surface area contributed by atoms with Gasteiger partial charge in [0.05, 0.1) is 18.5 Å². The van der Waals surface area contributed by atoms with E-state index in [1.807, 2.05) is 20.8 Å². The van der Waals surface area contributed by atoms with Gasteiger partial charge in [-0.25, -0.2) is 4.68 Å². The molecule has 0 aliphatic carbocycles. The van der Waals surface area contributed by atoms with E-state index in [0.717, 1.165) is 22.8 Å². The summed E-state index contributed by atoms with van der Waals surface area (Å²) in [6, 6.07) is 3.58. The van der Waals surface area contributed by atoms with E-state index in [9.17, 15) is 9.59 Å². The third-order valence-corrected chi connectivity index (χ3v) is 4.84. The number of hydrogen-bond donors (Lipinski definition) is 2. The lowest BCUT2D eigenvalue weighted by Crippen LogP contribution is -2.31. The van der Waals surface area contributed by atoms with E-state index in [1.165, 1.54) is 0 Å². The SMILES string of the molecule is CC(C)(C)C(=O)Nc1c2c(nn1CC(=O)NCc1ccco1)CSC2. The van der Waals surface area contributed by atoms with Crippen molar-refractivity contribution in [1.82, 2.24) is 15.1 Å². The molecule has 1 aliphatic rings. The van der Waals surface area contributed by atoms with Crippen molar-refractivity contribution in [2.75, 3.05) is 5.32 Å². The standard InChI is InChI=1S/C17H22N4O3S/c1-17(2,3)16(23)19-15-12-9-25-10-13(12)20-21(15)8-14(22)18-7-11-5-4-6-24-11/h4-6H,7-10H2,1-3H3,(H,18,22)(H,19,23). The molecule has 134 valence electrons. The maximum atomic E-state index is 12.4. The molecule has 2 aromatic rings. The van der Waals surface area contributed by atoms with Crippen LogP contribution in [0.25, 0.3) is 0 Å². The van der Waals surface area contributed by atoms with E-state index >= 15 is 0 Å². The van der Waals surface area contributed by atoms with Gasteiger partial charge in [0.2, 0.25) is 11.8 Å². The molecule has 0 unspecified atom stereocenters. The second-order valence-electron chi connectivity index (χ2n) is 6.98. The van der Waals surface area contributed by atoms with Gasteiger partial charge in [0.15, 0.2) is 0 Å². The Kier molecular flexibility index (Phi) is 4.89. The largest absolute Gasteiger partial charge is 0.467 e. The molecule has 7 nitrogen and oxygen atoms in total. The minimum absolute atomic E-state index is 0.0537. The number of nitrogens with one attached hydrogen (secondary N) is 2. The summed E-state index contributed by atoms with van der Waals surface area (Å²) in [6.07, 6.45) is 1.57. The summed E-state index contributed by atoms with van der Waals surface area (Å²) in [7, 11) is 0. The number of rotatable bonds is 5. The topological polar surface area (TPSA) is 89.2 Å². The highest BCUT2D eigenvalue weighted by molar-refractivity contribution is 7.98. The van der Waals surface area contributed by atoms with Crippen molar-refractivity contribution < 1.29 is 14.0 Å². The van der Waals surface area contributed by atoms with Gasteiger partial charge in [0.1, 0.15) is 18.1 Å². The lowest BCUT2D eigenvalue weighted by molar-refractivity contribution is -0.124. The summed E-state index contributed by atoms with van der Waals surface area (Å²) in [5.74, 6) is 2.64. The van der Waals surface area contributed by atoms with Crippen LogP contribution in [0.1, 0.15) is 37.8 Å². The Morgan fingerprint density at radius 1 is 1.36 bits per heavy atom. The molecule has 0 atom stereocenters. The average Bonchev–Trinajstić information content (AvgIpc) is 3.24. The molecule has 1 aliphatic heterocycles. The van der Waals surface area contributed by atoms with Crippen LogP contribution in [-0.4, -0.2) is 21.6 Å². The van der Waals surface area contributed by atoms with Crippen LogP contribution in [-0.2, 0) is 34.2 Å². The number of carbonyl (C=O) groups excluding carboxylic acids is 2. The molecule has 2 aromatic heterocycles. The van der Waals surface area contributed by atoms with Crippen molar-refractivity contribution in [3.8, 4) is 0 Å². The van der Waals surface area contributed by atoms with Crippen LogP contribution in [0.4, 0.5) is 5.82 Å². The second-order valence-corrected chi connectivity index (χ2v) is 7.97. The first-order valence-electron chi connectivity index (χ1n) is 8.11. The van der Waals surface area contributed by atoms with Crippen molar-refractivity contribution >= 4 is 29.4 Å². The molecular formula is C17H22N4O3S. The van der Waals surface area contributed by atoms with Crippen molar-refractivity contribution in [2.24, 2.45) is 5.41 Å². The highest BCUT2D eigenvalue weighted by Gasteiger charge is 2.28. The Morgan fingerprint density at radius 3 is 2.84 bits per heavy atom. The second kappa shape index (κ2) is 6.95. The van der Waals surface area contributed by atoms with Crippen LogP contribution in [0.5, 0.6) is 0 Å². The smallest absolute Gasteiger partial charge is 0.242 e. The molecule has 25 heavy (non-hydrogen) atoms. The Hall–Kier alpha value is -2.22. The van der Waals surface area contributed by atoms with Gasteiger partial charge in [0, 0.05) is 22.5 Å². The molecule has 0 bridgehead atoms. The third kappa shape index (κ3) is 4.07. The minimum atomic E-state index is -0.519. The number of thioether (sulfide) groups is 1. The van der Waals surface area contributed by atoms with E-state index in [0.29, 0.717) is 18.1 Å². The normalized spacial score (nSPS) is 13.6. The molecule has 0 saturated heterocycles. The van der Waals surface area contributed by atoms with Gasteiger partial charge in [-0.2, -0.15) is 16.9 Å². The first-order chi connectivity index (χ1) is 11.8. The fraction of sp³-hybridized carbons (Fsp3) is 0.471. The molecule has 0 fully saturated rings. The highest BCUT2D eigenvalue weighted by Crippen LogP contribution is 2.35. The van der Waals surface area contributed by atoms with Gasteiger partial charge in [0.25, 0.3) is 0 Å². The number of aromatic nitrogens is 2. The summed E-state index contributed by atoms with van der Waals surface area (Å²) >= 11 is 1.75. The quantitative estimate of drug-likeness (QED) is 0.853. The zero-order chi connectivity index (χ0) is 18.0. The van der Waals surface area contributed by atoms with Crippen LogP contribution < -0.4 is 10.6 Å². The van der Waals surface area contributed by atoms with E-state index in [4.69, 9.17) is 4.42 Å². The van der Waals surface area contributed by atoms with Crippen molar-refractivity contribution in [3.05, 3.63) is 35.4 Å². The van der Waals surface area contributed by atoms with Crippen LogP contribution in [0.15, 0.2) is 22.8 Å². The maximum absolute atomic E-state index is 12.4. The fourth-order valence-electron chi connectivity index (χ4n) is 2.41. The average molecular weight is 362 g/mol. The van der Waals surface area contributed by atoms with Crippen LogP contribution >= 0.6 is 11.8 Å². The maximum Gasteiger partial charge on any atom is 0.242 e. The predicted octanol–water partition coefficient (Wildman–Crippen LogP) is 2.52. The predicted molar refractivity (Wildman–Crippen MR) is 95.9 cm³/mol. The highest BCUT2D eigenvalue weighted by atomic mass is 32.2. The number of anilines is 1. The number of nitrogens with zero attached hydrogens (tertiary/aromatic N) is 2. The van der Waals surface area contributed by atoms with Gasteiger partial charge in [-0.05, 0) is 12.1 Å². The van der Waals surface area contributed by atoms with E-state index in [2.05, 4.69) is 15.7 Å². The fourth-order valence-corrected chi connectivity index (χ4v) is 3.44. The van der Waals surface area contributed by atoms with Crippen molar-refractivity contribution in [3.63, 3.8) is 0 Å². The summed E-state index contributed by atoms with van der Waals surface area (Å²) in [4.78, 5) is 24.6. The van der Waals surface area contributed by atoms with E-state index in [1.54, 1.807) is 34.8 Å². The number of carbonyl (C=O) groups is 2. The van der Waals surface area contributed by atoms with Gasteiger partial charge in [-0.15, -0.1) is 0 Å². The third-order valence-electron chi connectivity index (χ3n) is 3.87. The molecule has 0 spiro atoms. The van der Waals surface area contributed by atoms with E-state index in [-0.39, 0.29) is 18.4 Å². The molecule has 2 N–H and O–H groups in total. The van der Waals surface area contributed by atoms with Gasteiger partial charge in [-0.3, -0.25) is 9.59 Å². The number of fused-ring (bicyclic) bond motifs is 1. The Morgan fingerprint density at radius 2 is 2.16 bits per heavy atom. The monoisotopic (exact) mass is 362 g/mol. The number of furan rings is 1. The molecule has 0 aromatic carbocycles. The first kappa shape index (κ1) is 17.6. The summed E-state index contributed by atoms with van der Waals surface area (Å²) in [5, 5.41) is 10.3. The summed E-state index contributed by atoms with van der Waals surface area (Å²) < 4.78 is 6.79. The van der Waals surface area contributed by atoms with Gasteiger partial charge >= 0.3 is 0 Å². The Bertz CT molecular complexity index is 775. The molecule has 0 radical (unpaired) electrons. The molecule has 0 saturated carbocycles. The van der Waals surface area contributed by atoms with E-state index < -0.39 is 5.41 Å². The zero-order valence-electron chi connectivity index (χ0n) is 14.6. The molecule has 8 heteroatoms. The Labute approximate surface area is 150 Å². The molecule has 3 heterocycles. The van der Waals surface area contributed by atoms with Crippen LogP contribution in [0.3, 0.4) is 0 Å². The number of amides is 2. The zero-order valence-corrected chi connectivity index (χ0v) is 15.4. The molecular weight excluding hydrogens is 340 g/mol.